The van der Waals surface area contributed by atoms with Gasteiger partial charge in [0.2, 0.25) is 0 Å². The maximum absolute atomic E-state index is 13.6. The number of thioether (sulfide) groups is 1. The summed E-state index contributed by atoms with van der Waals surface area (Å²) in [7, 11) is 0. The Hall–Kier alpha value is -3.01. The average molecular weight is 522 g/mol. The number of allylic oxidation sites excluding steroid dienone is 1. The molecule has 1 amide bonds. The molecule has 0 spiro atoms. The first-order valence-electron chi connectivity index (χ1n) is 11.2. The van der Waals surface area contributed by atoms with E-state index in [0.717, 1.165) is 16.0 Å². The van der Waals surface area contributed by atoms with Gasteiger partial charge < -0.3 is 4.90 Å². The smallest absolute Gasteiger partial charge is 0.263 e. The Labute approximate surface area is 214 Å². The zero-order valence-electron chi connectivity index (χ0n) is 19.2. The van der Waals surface area contributed by atoms with Crippen LogP contribution in [-0.4, -0.2) is 38.4 Å². The Balaban J connectivity index is 1.48. The highest BCUT2D eigenvalue weighted by Crippen LogP contribution is 2.34. The Kier molecular flexibility index (Phi) is 6.73. The number of thiophene rings is 2. The molecule has 0 radical (unpaired) electrons. The molecule has 0 atom stereocenters. The molecule has 35 heavy (non-hydrogen) atoms. The Morgan fingerprint density at radius 1 is 1.17 bits per heavy atom. The second-order valence-electron chi connectivity index (χ2n) is 8.46. The van der Waals surface area contributed by atoms with Gasteiger partial charge in [0.15, 0.2) is 10.9 Å². The van der Waals surface area contributed by atoms with Gasteiger partial charge in [-0.2, -0.15) is 0 Å². The van der Waals surface area contributed by atoms with E-state index < -0.39 is 0 Å². The van der Waals surface area contributed by atoms with E-state index in [-0.39, 0.29) is 23.0 Å². The number of aromatic nitrogens is 2. The molecule has 0 unspecified atom stereocenters. The van der Waals surface area contributed by atoms with Gasteiger partial charge in [-0.25, -0.2) is 4.98 Å². The third-order valence-corrected chi connectivity index (χ3v) is 8.79. The summed E-state index contributed by atoms with van der Waals surface area (Å²) in [6.45, 7) is 7.21. The molecule has 0 fully saturated rings. The normalized spacial score (nSPS) is 13.1. The first-order chi connectivity index (χ1) is 16.9. The summed E-state index contributed by atoms with van der Waals surface area (Å²) in [5.74, 6) is 0.213. The fourth-order valence-corrected chi connectivity index (χ4v) is 7.07. The summed E-state index contributed by atoms with van der Waals surface area (Å²) in [4.78, 5) is 48.2. The van der Waals surface area contributed by atoms with Crippen molar-refractivity contribution in [3.63, 3.8) is 0 Å². The molecule has 0 N–H and O–H groups in total. The standard InChI is InChI=1S/C26H23N3O3S3/c1-16(2)13-29-25(32)22-18-10-11-28(24(31)17-7-4-3-5-8-17)14-21(18)35-23(22)27-26(29)34-15-19(30)20-9-6-12-33-20/h3-9,12H,1,10-11,13-15H2,2H3. The average Bonchev–Trinajstić information content (AvgIpc) is 3.52. The van der Waals surface area contributed by atoms with E-state index in [9.17, 15) is 14.4 Å². The SMILES string of the molecule is C=C(C)Cn1c(SCC(=O)c2cccs2)nc2sc3c(c2c1=O)CCN(C(=O)c1ccccc1)C3. The predicted octanol–water partition coefficient (Wildman–Crippen LogP) is 5.27. The molecule has 3 aromatic heterocycles. The van der Waals surface area contributed by atoms with E-state index in [0.29, 0.717) is 51.9 Å². The van der Waals surface area contributed by atoms with E-state index in [4.69, 9.17) is 4.98 Å². The number of carbonyl (C=O) groups is 2. The van der Waals surface area contributed by atoms with Gasteiger partial charge in [0.1, 0.15) is 4.83 Å². The summed E-state index contributed by atoms with van der Waals surface area (Å²) in [6.07, 6.45) is 0.612. The van der Waals surface area contributed by atoms with Gasteiger partial charge in [-0.15, -0.1) is 22.7 Å². The van der Waals surface area contributed by atoms with Crippen LogP contribution in [0.25, 0.3) is 10.2 Å². The van der Waals surface area contributed by atoms with Crippen molar-refractivity contribution in [2.45, 2.75) is 31.6 Å². The molecule has 1 aromatic carbocycles. The number of nitrogens with zero attached hydrogens (tertiary/aromatic N) is 3. The molecule has 9 heteroatoms. The lowest BCUT2D eigenvalue weighted by Crippen LogP contribution is -2.35. The molecule has 0 saturated heterocycles. The Bertz CT molecular complexity index is 1490. The van der Waals surface area contributed by atoms with E-state index in [1.165, 1.54) is 34.4 Å². The minimum atomic E-state index is -0.107. The van der Waals surface area contributed by atoms with Gasteiger partial charge in [0.25, 0.3) is 11.5 Å². The summed E-state index contributed by atoms with van der Waals surface area (Å²) < 4.78 is 1.63. The fourth-order valence-electron chi connectivity index (χ4n) is 4.15. The molecule has 1 aliphatic heterocycles. The number of hydrogen-bond acceptors (Lipinski definition) is 7. The summed E-state index contributed by atoms with van der Waals surface area (Å²) in [6, 6.07) is 12.9. The minimum absolute atomic E-state index is 0.00954. The highest BCUT2D eigenvalue weighted by Gasteiger charge is 2.28. The number of benzene rings is 1. The van der Waals surface area contributed by atoms with Crippen LogP contribution in [-0.2, 0) is 19.5 Å². The van der Waals surface area contributed by atoms with Crippen molar-refractivity contribution >= 4 is 56.3 Å². The molecule has 178 valence electrons. The largest absolute Gasteiger partial charge is 0.333 e. The molecule has 5 rings (SSSR count). The van der Waals surface area contributed by atoms with Crippen LogP contribution in [0.5, 0.6) is 0 Å². The second-order valence-corrected chi connectivity index (χ2v) is 11.4. The van der Waals surface area contributed by atoms with Crippen LogP contribution in [0.2, 0.25) is 0 Å². The lowest BCUT2D eigenvalue weighted by molar-refractivity contribution is 0.0737. The number of ketones is 1. The van der Waals surface area contributed by atoms with Gasteiger partial charge in [-0.05, 0) is 42.5 Å². The van der Waals surface area contributed by atoms with Crippen LogP contribution >= 0.6 is 34.4 Å². The quantitative estimate of drug-likeness (QED) is 0.143. The number of rotatable bonds is 7. The van der Waals surface area contributed by atoms with Crippen LogP contribution in [0, 0.1) is 0 Å². The van der Waals surface area contributed by atoms with Crippen molar-refractivity contribution < 1.29 is 9.59 Å². The maximum atomic E-state index is 13.6. The molecule has 1 aliphatic rings. The van der Waals surface area contributed by atoms with Crippen molar-refractivity contribution in [2.24, 2.45) is 0 Å². The fraction of sp³-hybridized carbons (Fsp3) is 0.231. The van der Waals surface area contributed by atoms with Gasteiger partial charge in [0, 0.05) is 23.5 Å². The number of hydrogen-bond donors (Lipinski definition) is 0. The van der Waals surface area contributed by atoms with E-state index in [1.54, 1.807) is 10.6 Å². The van der Waals surface area contributed by atoms with Gasteiger partial charge in [-0.1, -0.05) is 48.2 Å². The predicted molar refractivity (Wildman–Crippen MR) is 143 cm³/mol. The Morgan fingerprint density at radius 2 is 1.97 bits per heavy atom. The Morgan fingerprint density at radius 3 is 2.69 bits per heavy atom. The molecular weight excluding hydrogens is 499 g/mol. The van der Waals surface area contributed by atoms with E-state index in [2.05, 4.69) is 6.58 Å². The third-order valence-electron chi connectivity index (χ3n) is 5.79. The second kappa shape index (κ2) is 9.93. The highest BCUT2D eigenvalue weighted by molar-refractivity contribution is 7.99. The minimum Gasteiger partial charge on any atom is -0.333 e. The molecule has 6 nitrogen and oxygen atoms in total. The van der Waals surface area contributed by atoms with Crippen molar-refractivity contribution in [3.05, 3.63) is 91.2 Å². The number of fused-ring (bicyclic) bond motifs is 3. The highest BCUT2D eigenvalue weighted by atomic mass is 32.2. The monoisotopic (exact) mass is 521 g/mol. The van der Waals surface area contributed by atoms with Gasteiger partial charge in [-0.3, -0.25) is 19.0 Å². The first-order valence-corrected chi connectivity index (χ1v) is 13.8. The number of Topliss-reactive ketones (excluding diaryl/α,β-unsaturated/α-hetero) is 1. The lowest BCUT2D eigenvalue weighted by Gasteiger charge is -2.27. The van der Waals surface area contributed by atoms with E-state index in [1.807, 2.05) is 53.6 Å². The van der Waals surface area contributed by atoms with Crippen LogP contribution in [0.3, 0.4) is 0 Å². The van der Waals surface area contributed by atoms with Gasteiger partial charge in [0.05, 0.1) is 22.6 Å². The van der Waals surface area contributed by atoms with Crippen molar-refractivity contribution in [1.82, 2.24) is 14.5 Å². The summed E-state index contributed by atoms with van der Waals surface area (Å²) in [5.41, 5.74) is 2.38. The van der Waals surface area contributed by atoms with Crippen molar-refractivity contribution in [1.29, 1.82) is 0 Å². The molecule has 4 aromatic rings. The van der Waals surface area contributed by atoms with Crippen LogP contribution < -0.4 is 5.56 Å². The molecule has 0 saturated carbocycles. The number of carbonyl (C=O) groups excluding carboxylic acids is 2. The van der Waals surface area contributed by atoms with Crippen molar-refractivity contribution in [3.8, 4) is 0 Å². The molecular formula is C26H23N3O3S3. The maximum Gasteiger partial charge on any atom is 0.263 e. The zero-order chi connectivity index (χ0) is 24.5. The molecule has 0 bridgehead atoms. The molecule has 4 heterocycles. The summed E-state index contributed by atoms with van der Waals surface area (Å²) in [5, 5.41) is 3.03. The topological polar surface area (TPSA) is 72.3 Å². The van der Waals surface area contributed by atoms with E-state index >= 15 is 0 Å². The van der Waals surface area contributed by atoms with Gasteiger partial charge >= 0.3 is 0 Å². The molecule has 0 aliphatic carbocycles. The first kappa shape index (κ1) is 23.7. The van der Waals surface area contributed by atoms with Crippen LogP contribution in [0.4, 0.5) is 0 Å². The third kappa shape index (κ3) is 4.76. The summed E-state index contributed by atoms with van der Waals surface area (Å²) >= 11 is 4.16. The zero-order valence-corrected chi connectivity index (χ0v) is 21.6. The van der Waals surface area contributed by atoms with Crippen molar-refractivity contribution in [2.75, 3.05) is 12.3 Å². The van der Waals surface area contributed by atoms with Crippen LogP contribution in [0.1, 0.15) is 37.4 Å². The number of amides is 1. The lowest BCUT2D eigenvalue weighted by atomic mass is 10.0. The van der Waals surface area contributed by atoms with Crippen LogP contribution in [0.15, 0.2) is 69.9 Å².